The number of ether oxygens (including phenoxy) is 3. The summed E-state index contributed by atoms with van der Waals surface area (Å²) in [6.45, 7) is 0. The van der Waals surface area contributed by atoms with E-state index in [4.69, 9.17) is 14.2 Å². The second kappa shape index (κ2) is 14.1. The molecule has 3 aliphatic rings. The van der Waals surface area contributed by atoms with Gasteiger partial charge in [-0.2, -0.15) is 0 Å². The summed E-state index contributed by atoms with van der Waals surface area (Å²) >= 11 is 0. The first kappa shape index (κ1) is 34.7. The average Bonchev–Trinajstić information content (AvgIpc) is 3.29. The number of methoxy groups -OCH3 is 2. The zero-order chi connectivity index (χ0) is 38.5. The third-order valence-corrected chi connectivity index (χ3v) is 12.1. The summed E-state index contributed by atoms with van der Waals surface area (Å²) < 4.78 is 18.2. The summed E-state index contributed by atoms with van der Waals surface area (Å²) in [6.07, 6.45) is 8.70. The highest BCUT2D eigenvalue weighted by atomic mass is 16.5. The minimum atomic E-state index is -0.809. The molecule has 1 heterocycles. The minimum Gasteiger partial charge on any atom is -0.507 e. The van der Waals surface area contributed by atoms with Crippen LogP contribution in [-0.2, 0) is 31.3 Å². The number of phenols is 1. The van der Waals surface area contributed by atoms with E-state index in [9.17, 15) is 5.11 Å². The summed E-state index contributed by atoms with van der Waals surface area (Å²) in [6, 6.07) is 52.4. The number of rotatable bonds is 4. The van der Waals surface area contributed by atoms with Crippen LogP contribution in [0.25, 0.3) is 49.9 Å². The zero-order valence-electron chi connectivity index (χ0n) is 32.1. The van der Waals surface area contributed by atoms with Crippen LogP contribution < -0.4 is 14.2 Å². The lowest BCUT2D eigenvalue weighted by Crippen LogP contribution is -2.34. The number of benzene rings is 8. The Morgan fingerprint density at radius 3 is 1.65 bits per heavy atom. The first-order chi connectivity index (χ1) is 28.1. The van der Waals surface area contributed by atoms with Crippen LogP contribution in [0.3, 0.4) is 0 Å². The fourth-order valence-corrected chi connectivity index (χ4v) is 9.31. The van der Waals surface area contributed by atoms with Crippen molar-refractivity contribution in [3.05, 3.63) is 197 Å². The zero-order valence-corrected chi connectivity index (χ0v) is 32.1. The summed E-state index contributed by atoms with van der Waals surface area (Å²) in [5.74, 6) is 2.93. The van der Waals surface area contributed by atoms with E-state index in [0.717, 1.165) is 70.4 Å². The van der Waals surface area contributed by atoms with Crippen molar-refractivity contribution in [1.82, 2.24) is 0 Å². The fraction of sp³-hybridized carbons (Fsp3) is 0.132. The van der Waals surface area contributed by atoms with Gasteiger partial charge in [-0.05, 0) is 123 Å². The van der Waals surface area contributed by atoms with Crippen LogP contribution in [0, 0.1) is 0 Å². The van der Waals surface area contributed by atoms with Crippen molar-refractivity contribution >= 4 is 27.6 Å². The summed E-state index contributed by atoms with van der Waals surface area (Å²) in [5.41, 5.74) is 13.0. The van der Waals surface area contributed by atoms with Crippen LogP contribution in [0.5, 0.6) is 23.0 Å². The van der Waals surface area contributed by atoms with Crippen molar-refractivity contribution < 1.29 is 19.3 Å². The number of hydrogen-bond donors (Lipinski definition) is 1. The van der Waals surface area contributed by atoms with Crippen LogP contribution in [-0.4, -0.2) is 19.3 Å². The lowest BCUT2D eigenvalue weighted by molar-refractivity contribution is 0.163. The molecule has 8 aromatic rings. The van der Waals surface area contributed by atoms with E-state index < -0.39 is 5.60 Å². The molecule has 4 heteroatoms. The van der Waals surface area contributed by atoms with Gasteiger partial charge >= 0.3 is 0 Å². The van der Waals surface area contributed by atoms with Gasteiger partial charge in [0.15, 0.2) is 5.60 Å². The molecular weight excluding hydrogens is 701 g/mol. The topological polar surface area (TPSA) is 47.9 Å². The molecule has 0 saturated carbocycles. The molecule has 57 heavy (non-hydrogen) atoms. The molecule has 0 atom stereocenters. The molecule has 0 fully saturated rings. The highest BCUT2D eigenvalue weighted by Gasteiger charge is 2.39. The molecule has 0 aromatic heterocycles. The molecule has 4 nitrogen and oxygen atoms in total. The number of aryl methyl sites for hydroxylation is 4. The highest BCUT2D eigenvalue weighted by Crippen LogP contribution is 2.52. The van der Waals surface area contributed by atoms with E-state index in [1.165, 1.54) is 55.3 Å². The molecule has 0 radical (unpaired) electrons. The maximum atomic E-state index is 10.3. The van der Waals surface area contributed by atoms with Crippen LogP contribution in [0.15, 0.2) is 158 Å². The first-order valence-electron chi connectivity index (χ1n) is 19.7. The van der Waals surface area contributed by atoms with Gasteiger partial charge in [0.1, 0.15) is 23.0 Å². The van der Waals surface area contributed by atoms with E-state index in [1.807, 2.05) is 48.5 Å². The van der Waals surface area contributed by atoms with Crippen molar-refractivity contribution in [2.24, 2.45) is 0 Å². The minimum absolute atomic E-state index is 0.381. The summed E-state index contributed by atoms with van der Waals surface area (Å²) in [7, 11) is 3.38. The molecule has 1 aliphatic heterocycles. The summed E-state index contributed by atoms with van der Waals surface area (Å²) in [4.78, 5) is 0. The molecule has 278 valence electrons. The van der Waals surface area contributed by atoms with Crippen molar-refractivity contribution in [2.45, 2.75) is 31.3 Å². The first-order valence-corrected chi connectivity index (χ1v) is 19.7. The Bertz CT molecular complexity index is 2800. The monoisotopic (exact) mass is 742 g/mol. The molecule has 0 bridgehead atoms. The van der Waals surface area contributed by atoms with Gasteiger partial charge in [0, 0.05) is 27.5 Å². The number of fused-ring (bicyclic) bond motifs is 13. The molecule has 1 N–H and O–H groups in total. The Kier molecular flexibility index (Phi) is 8.56. The van der Waals surface area contributed by atoms with Crippen LogP contribution >= 0.6 is 0 Å². The molecule has 11 rings (SSSR count). The Hall–Kier alpha value is -6.78. The van der Waals surface area contributed by atoms with E-state index in [0.29, 0.717) is 5.75 Å². The van der Waals surface area contributed by atoms with E-state index in [-0.39, 0.29) is 0 Å². The van der Waals surface area contributed by atoms with Crippen molar-refractivity contribution in [1.29, 1.82) is 0 Å². The number of hydrogen-bond acceptors (Lipinski definition) is 4. The lowest BCUT2D eigenvalue weighted by Gasteiger charge is -2.38. The second-order valence-electron chi connectivity index (χ2n) is 15.1. The highest BCUT2D eigenvalue weighted by molar-refractivity contribution is 6.03. The maximum absolute atomic E-state index is 10.3. The van der Waals surface area contributed by atoms with Crippen LogP contribution in [0.4, 0.5) is 0 Å². The summed E-state index contributed by atoms with van der Waals surface area (Å²) in [5, 5.41) is 14.8. The molecule has 8 aromatic carbocycles. The van der Waals surface area contributed by atoms with Gasteiger partial charge in [-0.1, -0.05) is 121 Å². The quantitative estimate of drug-likeness (QED) is 0.195. The third kappa shape index (κ3) is 5.74. The largest absolute Gasteiger partial charge is 0.507 e. The van der Waals surface area contributed by atoms with Gasteiger partial charge < -0.3 is 19.3 Å². The average molecular weight is 743 g/mol. The molecule has 0 amide bonds. The molecule has 2 aliphatic carbocycles. The standard InChI is InChI=1S/C35H28O3.C18H14O/c1-36-26-16-12-24(13-17-26)35(25-14-18-27(37-2)19-15-25)22-21-32-33-28-8-4-3-7-23(28)11-20-30(33)29-9-5-6-10-31(29)34(32)38-35;19-18-11-17-13-6-2-1-5-12(13)9-10-15(17)14-7-3-4-8-16(14)18/h3-10,12-19,21-22H,11,20H2,1-2H3;1-8,11,19H,9-10H2. The smallest absolute Gasteiger partial charge is 0.178 e. The third-order valence-electron chi connectivity index (χ3n) is 12.1. The number of phenolic OH excluding ortho intramolecular Hbond substituents is 1. The predicted octanol–water partition coefficient (Wildman–Crippen LogP) is 12.3. The van der Waals surface area contributed by atoms with Gasteiger partial charge in [-0.3, -0.25) is 0 Å². The number of aromatic hydroxyl groups is 1. The maximum Gasteiger partial charge on any atom is 0.178 e. The molecule has 0 unspecified atom stereocenters. The predicted molar refractivity (Wildman–Crippen MR) is 232 cm³/mol. The molecule has 0 spiro atoms. The molecule has 0 saturated heterocycles. The van der Waals surface area contributed by atoms with E-state index in [1.54, 1.807) is 14.2 Å². The van der Waals surface area contributed by atoms with Gasteiger partial charge in [0.2, 0.25) is 0 Å². The Labute approximate surface area is 333 Å². The Morgan fingerprint density at radius 1 is 0.509 bits per heavy atom. The second-order valence-corrected chi connectivity index (χ2v) is 15.1. The van der Waals surface area contributed by atoms with Gasteiger partial charge in [-0.25, -0.2) is 0 Å². The Balaban J connectivity index is 0.000000174. The Morgan fingerprint density at radius 2 is 1.02 bits per heavy atom. The van der Waals surface area contributed by atoms with Crippen LogP contribution in [0.2, 0.25) is 0 Å². The molecular formula is C53H42O4. The normalized spacial score (nSPS) is 14.1. The van der Waals surface area contributed by atoms with Gasteiger partial charge in [0.05, 0.1) is 14.2 Å². The van der Waals surface area contributed by atoms with Gasteiger partial charge in [0.25, 0.3) is 0 Å². The van der Waals surface area contributed by atoms with E-state index in [2.05, 4.69) is 115 Å². The van der Waals surface area contributed by atoms with Crippen molar-refractivity contribution in [3.8, 4) is 45.3 Å². The van der Waals surface area contributed by atoms with E-state index >= 15 is 0 Å². The van der Waals surface area contributed by atoms with Gasteiger partial charge in [-0.15, -0.1) is 0 Å². The van der Waals surface area contributed by atoms with Crippen molar-refractivity contribution in [3.63, 3.8) is 0 Å². The van der Waals surface area contributed by atoms with Crippen molar-refractivity contribution in [2.75, 3.05) is 14.2 Å². The lowest BCUT2D eigenvalue weighted by atomic mass is 9.77. The fourth-order valence-electron chi connectivity index (χ4n) is 9.31. The van der Waals surface area contributed by atoms with Crippen LogP contribution in [0.1, 0.15) is 38.9 Å². The SMILES string of the molecule is COc1ccc(C2(c3ccc(OC)cc3)C=Cc3c4c(c5ccccc5c3O2)CCc2ccccc2-4)cc1.Oc1cc2c(c3ccccc13)CCc1ccccc1-2.